The lowest BCUT2D eigenvalue weighted by Crippen LogP contribution is -2.24. The Kier molecular flexibility index (Phi) is 6.32. The normalized spacial score (nSPS) is 10.6. The van der Waals surface area contributed by atoms with Crippen LogP contribution in [0.3, 0.4) is 0 Å². The molecule has 0 fully saturated rings. The number of benzene rings is 2. The van der Waals surface area contributed by atoms with Crippen molar-refractivity contribution in [1.82, 2.24) is 25.3 Å². The molecule has 9 heteroatoms. The highest BCUT2D eigenvalue weighted by atomic mass is 79.9. The van der Waals surface area contributed by atoms with E-state index >= 15 is 0 Å². The van der Waals surface area contributed by atoms with Crippen LogP contribution in [0, 0.1) is 5.82 Å². The number of halogens is 2. The summed E-state index contributed by atoms with van der Waals surface area (Å²) in [5.41, 5.74) is 2.57. The summed E-state index contributed by atoms with van der Waals surface area (Å²) in [7, 11) is 0. The molecule has 0 atom stereocenters. The molecular formula is C22H18BrFN6O. The van der Waals surface area contributed by atoms with Crippen LogP contribution in [-0.4, -0.2) is 25.9 Å². The minimum atomic E-state index is -0.377. The maximum absolute atomic E-state index is 13.4. The summed E-state index contributed by atoms with van der Waals surface area (Å²) in [5, 5.41) is 14.0. The summed E-state index contributed by atoms with van der Waals surface area (Å²) in [6.45, 7) is 0.798. The fraction of sp³-hybridized carbons (Fsp3) is 0.0909. The molecule has 0 bridgehead atoms. The third-order valence-corrected chi connectivity index (χ3v) is 4.94. The van der Waals surface area contributed by atoms with Crippen LogP contribution >= 0.6 is 15.9 Å². The topological polar surface area (TPSA) is 84.7 Å². The largest absolute Gasteiger partial charge is 0.346 e. The van der Waals surface area contributed by atoms with Gasteiger partial charge in [0.05, 0.1) is 24.8 Å². The van der Waals surface area contributed by atoms with Crippen LogP contribution in [0.25, 0.3) is 0 Å². The van der Waals surface area contributed by atoms with Gasteiger partial charge in [-0.15, -0.1) is 5.10 Å². The second-order valence-electron chi connectivity index (χ2n) is 6.75. The summed E-state index contributed by atoms with van der Waals surface area (Å²) in [6, 6.07) is 17.2. The van der Waals surface area contributed by atoms with E-state index < -0.39 is 0 Å². The van der Waals surface area contributed by atoms with Crippen LogP contribution in [0.15, 0.2) is 77.5 Å². The van der Waals surface area contributed by atoms with Gasteiger partial charge in [0, 0.05) is 16.4 Å². The highest BCUT2D eigenvalue weighted by Gasteiger charge is 2.13. The lowest BCUT2D eigenvalue weighted by Gasteiger charge is -2.10. The van der Waals surface area contributed by atoms with Crippen molar-refractivity contribution in [2.24, 2.45) is 0 Å². The number of aromatic nitrogens is 4. The van der Waals surface area contributed by atoms with Gasteiger partial charge < -0.3 is 10.6 Å². The van der Waals surface area contributed by atoms with E-state index in [1.807, 2.05) is 24.3 Å². The molecule has 0 aliphatic heterocycles. The van der Waals surface area contributed by atoms with Crippen LogP contribution in [0.4, 0.5) is 15.9 Å². The third kappa shape index (κ3) is 5.52. The second kappa shape index (κ2) is 9.48. The number of amides is 1. The SMILES string of the molecule is O=C(NCc1cn(Cc2ccc(Br)cc2)nn1)c1cccnc1Nc1cccc(F)c1. The first kappa shape index (κ1) is 20.7. The van der Waals surface area contributed by atoms with Crippen LogP contribution in [0.1, 0.15) is 21.6 Å². The number of carbonyl (C=O) groups excluding carboxylic acids is 1. The van der Waals surface area contributed by atoms with E-state index in [0.29, 0.717) is 29.3 Å². The Morgan fingerprint density at radius 1 is 1.10 bits per heavy atom. The molecule has 1 amide bonds. The minimum Gasteiger partial charge on any atom is -0.346 e. The molecule has 4 rings (SSSR count). The summed E-state index contributed by atoms with van der Waals surface area (Å²) >= 11 is 3.41. The predicted molar refractivity (Wildman–Crippen MR) is 118 cm³/mol. The van der Waals surface area contributed by atoms with Crippen molar-refractivity contribution < 1.29 is 9.18 Å². The van der Waals surface area contributed by atoms with Crippen molar-refractivity contribution in [3.8, 4) is 0 Å². The Bertz CT molecular complexity index is 1190. The number of rotatable bonds is 7. The number of pyridine rings is 1. The highest BCUT2D eigenvalue weighted by molar-refractivity contribution is 9.10. The maximum Gasteiger partial charge on any atom is 0.255 e. The van der Waals surface area contributed by atoms with Crippen LogP contribution in [0.2, 0.25) is 0 Å². The van der Waals surface area contributed by atoms with Crippen molar-refractivity contribution in [3.63, 3.8) is 0 Å². The van der Waals surface area contributed by atoms with Gasteiger partial charge in [0.15, 0.2) is 0 Å². The number of hydrogen-bond donors (Lipinski definition) is 2. The highest BCUT2D eigenvalue weighted by Crippen LogP contribution is 2.19. The monoisotopic (exact) mass is 480 g/mol. The number of nitrogens with one attached hydrogen (secondary N) is 2. The molecule has 0 saturated carbocycles. The van der Waals surface area contributed by atoms with Gasteiger partial charge in [0.2, 0.25) is 0 Å². The minimum absolute atomic E-state index is 0.216. The molecule has 0 unspecified atom stereocenters. The second-order valence-corrected chi connectivity index (χ2v) is 7.67. The molecule has 0 aliphatic carbocycles. The standard InChI is InChI=1S/C22H18BrFN6O/c23-16-8-6-15(7-9-16)13-30-14-19(28-29-30)12-26-22(31)20-5-2-10-25-21(20)27-18-4-1-3-17(24)11-18/h1-11,14H,12-13H2,(H,25,27)(H,26,31). The van der Waals surface area contributed by atoms with Crippen molar-refractivity contribution in [1.29, 1.82) is 0 Å². The molecule has 0 spiro atoms. The molecule has 0 aliphatic rings. The number of anilines is 2. The van der Waals surface area contributed by atoms with Gasteiger partial charge in [-0.1, -0.05) is 39.3 Å². The van der Waals surface area contributed by atoms with E-state index in [9.17, 15) is 9.18 Å². The summed E-state index contributed by atoms with van der Waals surface area (Å²) in [4.78, 5) is 16.9. The smallest absolute Gasteiger partial charge is 0.255 e. The Morgan fingerprint density at radius 2 is 1.94 bits per heavy atom. The predicted octanol–water partition coefficient (Wildman–Crippen LogP) is 4.30. The first-order chi connectivity index (χ1) is 15.1. The lowest BCUT2D eigenvalue weighted by molar-refractivity contribution is 0.0951. The maximum atomic E-state index is 13.4. The quantitative estimate of drug-likeness (QED) is 0.411. The van der Waals surface area contributed by atoms with Crippen molar-refractivity contribution >= 4 is 33.3 Å². The van der Waals surface area contributed by atoms with Crippen LogP contribution < -0.4 is 10.6 Å². The van der Waals surface area contributed by atoms with Gasteiger partial charge >= 0.3 is 0 Å². The first-order valence-corrected chi connectivity index (χ1v) is 10.3. The molecular weight excluding hydrogens is 463 g/mol. The van der Waals surface area contributed by atoms with Gasteiger partial charge in [0.25, 0.3) is 5.91 Å². The van der Waals surface area contributed by atoms with E-state index in [1.54, 1.807) is 41.3 Å². The first-order valence-electron chi connectivity index (χ1n) is 9.46. The molecule has 156 valence electrons. The molecule has 2 aromatic carbocycles. The molecule has 0 saturated heterocycles. The number of carbonyl (C=O) groups is 1. The van der Waals surface area contributed by atoms with Crippen LogP contribution in [-0.2, 0) is 13.1 Å². The molecule has 0 radical (unpaired) electrons. The zero-order chi connectivity index (χ0) is 21.6. The van der Waals surface area contributed by atoms with Gasteiger partial charge in [-0.3, -0.25) is 4.79 Å². The fourth-order valence-corrected chi connectivity index (χ4v) is 3.20. The Balaban J connectivity index is 1.39. The van der Waals surface area contributed by atoms with E-state index in [-0.39, 0.29) is 18.3 Å². The van der Waals surface area contributed by atoms with Gasteiger partial charge in [0.1, 0.15) is 17.3 Å². The van der Waals surface area contributed by atoms with Gasteiger partial charge in [-0.2, -0.15) is 0 Å². The summed E-state index contributed by atoms with van der Waals surface area (Å²) in [5.74, 6) is -0.364. The molecule has 2 heterocycles. The summed E-state index contributed by atoms with van der Waals surface area (Å²) in [6.07, 6.45) is 3.35. The third-order valence-electron chi connectivity index (χ3n) is 4.41. The van der Waals surface area contributed by atoms with Crippen LogP contribution in [0.5, 0.6) is 0 Å². The summed E-state index contributed by atoms with van der Waals surface area (Å²) < 4.78 is 16.2. The van der Waals surface area contributed by atoms with E-state index in [4.69, 9.17) is 0 Å². The average Bonchev–Trinajstić information content (AvgIpc) is 3.21. The number of hydrogen-bond acceptors (Lipinski definition) is 5. The van der Waals surface area contributed by atoms with E-state index in [1.165, 1.54) is 12.1 Å². The average molecular weight is 481 g/mol. The van der Waals surface area contributed by atoms with Gasteiger partial charge in [-0.25, -0.2) is 14.1 Å². The molecule has 31 heavy (non-hydrogen) atoms. The molecule has 7 nitrogen and oxygen atoms in total. The fourth-order valence-electron chi connectivity index (χ4n) is 2.93. The van der Waals surface area contributed by atoms with Crippen molar-refractivity contribution in [3.05, 3.63) is 100 Å². The van der Waals surface area contributed by atoms with Crippen molar-refractivity contribution in [2.45, 2.75) is 13.1 Å². The Morgan fingerprint density at radius 3 is 2.74 bits per heavy atom. The lowest BCUT2D eigenvalue weighted by atomic mass is 10.2. The Hall–Kier alpha value is -3.59. The van der Waals surface area contributed by atoms with Gasteiger partial charge in [-0.05, 0) is 48.0 Å². The Labute approximate surface area is 186 Å². The van der Waals surface area contributed by atoms with E-state index in [0.717, 1.165) is 10.0 Å². The number of nitrogens with zero attached hydrogens (tertiary/aromatic N) is 4. The van der Waals surface area contributed by atoms with Crippen molar-refractivity contribution in [2.75, 3.05) is 5.32 Å². The molecule has 4 aromatic rings. The van der Waals surface area contributed by atoms with E-state index in [2.05, 4.69) is 41.9 Å². The zero-order valence-corrected chi connectivity index (χ0v) is 17.9. The molecule has 2 N–H and O–H groups in total. The molecule has 2 aromatic heterocycles. The zero-order valence-electron chi connectivity index (χ0n) is 16.3.